The van der Waals surface area contributed by atoms with E-state index in [1.54, 1.807) is 11.8 Å². The number of hydrogen-bond donors (Lipinski definition) is 1. The van der Waals surface area contributed by atoms with Gasteiger partial charge in [-0.2, -0.15) is 12.6 Å². The number of halogens is 2. The van der Waals surface area contributed by atoms with Gasteiger partial charge in [0.2, 0.25) is 0 Å². The third-order valence-corrected chi connectivity index (χ3v) is 2.49. The average molecular weight is 181 g/mol. The van der Waals surface area contributed by atoms with Crippen LogP contribution in [0.4, 0.5) is 8.78 Å². The summed E-state index contributed by atoms with van der Waals surface area (Å²) in [5, 5.41) is -0.0657. The van der Waals surface area contributed by atoms with Gasteiger partial charge >= 0.3 is 0 Å². The smallest absolute Gasteiger partial charge is 0.148 e. The molecule has 4 atom stereocenters. The number of likely N-dealkylation sites (tertiary alicyclic amines) is 1. The highest BCUT2D eigenvalue weighted by atomic mass is 32.1. The van der Waals surface area contributed by atoms with Gasteiger partial charge < -0.3 is 0 Å². The highest BCUT2D eigenvalue weighted by molar-refractivity contribution is 7.80. The first-order valence-electron chi connectivity index (χ1n) is 3.76. The Balaban J connectivity index is 2.59. The molecule has 4 heteroatoms. The Bertz CT molecular complexity index is 142. The van der Waals surface area contributed by atoms with Crippen molar-refractivity contribution >= 4 is 12.6 Å². The second kappa shape index (κ2) is 3.27. The zero-order valence-electron chi connectivity index (χ0n) is 6.67. The molecule has 0 aromatic rings. The van der Waals surface area contributed by atoms with Gasteiger partial charge in [0.1, 0.15) is 12.3 Å². The first-order chi connectivity index (χ1) is 5.04. The summed E-state index contributed by atoms with van der Waals surface area (Å²) in [7, 11) is 0. The summed E-state index contributed by atoms with van der Waals surface area (Å²) in [6.07, 6.45) is -2.68. The minimum atomic E-state index is -1.34. The van der Waals surface area contributed by atoms with Crippen LogP contribution in [-0.2, 0) is 0 Å². The standard InChI is InChI=1S/C7H13F2NS/c1-4-7(9)6(8)3-10(4)5(2)11/h4-7,11H,3H2,1-2H3/t4-,5?,6+,7+/m1/s1. The molecule has 1 aliphatic rings. The number of thiol groups is 1. The molecule has 1 nitrogen and oxygen atoms in total. The lowest BCUT2D eigenvalue weighted by atomic mass is 10.2. The fourth-order valence-corrected chi connectivity index (χ4v) is 1.75. The molecule has 1 fully saturated rings. The summed E-state index contributed by atoms with van der Waals surface area (Å²) in [4.78, 5) is 1.72. The molecule has 66 valence electrons. The van der Waals surface area contributed by atoms with Crippen LogP contribution in [0.3, 0.4) is 0 Å². The van der Waals surface area contributed by atoms with E-state index in [4.69, 9.17) is 0 Å². The largest absolute Gasteiger partial charge is 0.283 e. The van der Waals surface area contributed by atoms with Gasteiger partial charge in [-0.05, 0) is 13.8 Å². The van der Waals surface area contributed by atoms with E-state index >= 15 is 0 Å². The van der Waals surface area contributed by atoms with E-state index in [-0.39, 0.29) is 18.0 Å². The molecule has 0 spiro atoms. The van der Waals surface area contributed by atoms with Gasteiger partial charge in [0, 0.05) is 12.6 Å². The predicted octanol–water partition coefficient (Wildman–Crippen LogP) is 1.64. The van der Waals surface area contributed by atoms with Crippen LogP contribution in [0.15, 0.2) is 0 Å². The Morgan fingerprint density at radius 1 is 1.55 bits per heavy atom. The molecule has 0 radical (unpaired) electrons. The van der Waals surface area contributed by atoms with Crippen molar-refractivity contribution < 1.29 is 8.78 Å². The monoisotopic (exact) mass is 181 g/mol. The van der Waals surface area contributed by atoms with Gasteiger partial charge in [-0.25, -0.2) is 8.78 Å². The fraction of sp³-hybridized carbons (Fsp3) is 1.00. The molecule has 0 bridgehead atoms. The van der Waals surface area contributed by atoms with E-state index in [0.29, 0.717) is 0 Å². The van der Waals surface area contributed by atoms with Crippen molar-refractivity contribution in [2.75, 3.05) is 6.54 Å². The Morgan fingerprint density at radius 3 is 2.27 bits per heavy atom. The molecule has 11 heavy (non-hydrogen) atoms. The van der Waals surface area contributed by atoms with E-state index in [0.717, 1.165) is 0 Å². The molecular weight excluding hydrogens is 168 g/mol. The van der Waals surface area contributed by atoms with Crippen molar-refractivity contribution in [3.05, 3.63) is 0 Å². The van der Waals surface area contributed by atoms with Crippen LogP contribution in [0, 0.1) is 0 Å². The van der Waals surface area contributed by atoms with Crippen molar-refractivity contribution in [3.8, 4) is 0 Å². The topological polar surface area (TPSA) is 3.24 Å². The maximum atomic E-state index is 12.9. The van der Waals surface area contributed by atoms with Gasteiger partial charge in [-0.1, -0.05) is 0 Å². The van der Waals surface area contributed by atoms with Crippen LogP contribution >= 0.6 is 12.6 Å². The normalized spacial score (nSPS) is 42.8. The SMILES string of the molecule is CC(S)N1C[C@H](F)[C@@H](F)[C@H]1C. The molecule has 0 aliphatic carbocycles. The predicted molar refractivity (Wildman–Crippen MR) is 44.4 cm³/mol. The summed E-state index contributed by atoms with van der Waals surface area (Å²) in [5.74, 6) is 0. The van der Waals surface area contributed by atoms with Crippen molar-refractivity contribution in [1.29, 1.82) is 0 Å². The summed E-state index contributed by atoms with van der Waals surface area (Å²) in [6.45, 7) is 3.69. The van der Waals surface area contributed by atoms with Crippen LogP contribution in [0.1, 0.15) is 13.8 Å². The second-order valence-electron chi connectivity index (χ2n) is 3.03. The first-order valence-corrected chi connectivity index (χ1v) is 4.27. The van der Waals surface area contributed by atoms with Gasteiger partial charge in [0.15, 0.2) is 0 Å². The van der Waals surface area contributed by atoms with Gasteiger partial charge in [0.25, 0.3) is 0 Å². The number of rotatable bonds is 1. The zero-order valence-corrected chi connectivity index (χ0v) is 7.56. The van der Waals surface area contributed by atoms with Crippen molar-refractivity contribution in [3.63, 3.8) is 0 Å². The van der Waals surface area contributed by atoms with Crippen LogP contribution < -0.4 is 0 Å². The van der Waals surface area contributed by atoms with E-state index < -0.39 is 12.3 Å². The molecule has 1 saturated heterocycles. The fourth-order valence-electron chi connectivity index (χ4n) is 1.45. The quantitative estimate of drug-likeness (QED) is 0.602. The highest BCUT2D eigenvalue weighted by Gasteiger charge is 2.40. The molecule has 0 saturated carbocycles. The van der Waals surface area contributed by atoms with Crippen molar-refractivity contribution in [2.24, 2.45) is 0 Å². The van der Waals surface area contributed by atoms with Gasteiger partial charge in [0.05, 0.1) is 5.37 Å². The average Bonchev–Trinajstić information content (AvgIpc) is 2.17. The Hall–Kier alpha value is 0.170. The van der Waals surface area contributed by atoms with Crippen LogP contribution in [0.2, 0.25) is 0 Å². The molecule has 1 aliphatic heterocycles. The Morgan fingerprint density at radius 2 is 2.09 bits per heavy atom. The van der Waals surface area contributed by atoms with Crippen molar-refractivity contribution in [1.82, 2.24) is 4.90 Å². The zero-order chi connectivity index (χ0) is 8.59. The molecule has 0 N–H and O–H groups in total. The second-order valence-corrected chi connectivity index (χ2v) is 3.78. The first kappa shape index (κ1) is 9.26. The molecular formula is C7H13F2NS. The van der Waals surface area contributed by atoms with Crippen LogP contribution in [0.5, 0.6) is 0 Å². The maximum absolute atomic E-state index is 12.9. The Kier molecular flexibility index (Phi) is 2.75. The van der Waals surface area contributed by atoms with E-state index in [1.807, 2.05) is 6.92 Å². The third kappa shape index (κ3) is 1.67. The van der Waals surface area contributed by atoms with E-state index in [9.17, 15) is 8.78 Å². The molecule has 1 unspecified atom stereocenters. The van der Waals surface area contributed by atoms with Crippen LogP contribution in [-0.4, -0.2) is 35.2 Å². The summed E-state index contributed by atoms with van der Waals surface area (Å²) in [6, 6.07) is -0.336. The maximum Gasteiger partial charge on any atom is 0.148 e. The molecule has 0 aromatic carbocycles. The van der Waals surface area contributed by atoms with Crippen LogP contribution in [0.25, 0.3) is 0 Å². The van der Waals surface area contributed by atoms with Crippen molar-refractivity contribution in [2.45, 2.75) is 37.6 Å². The summed E-state index contributed by atoms with van der Waals surface area (Å²) < 4.78 is 25.6. The summed E-state index contributed by atoms with van der Waals surface area (Å²) in [5.41, 5.74) is 0. The lowest BCUT2D eigenvalue weighted by molar-refractivity contribution is 0.180. The molecule has 1 rings (SSSR count). The van der Waals surface area contributed by atoms with E-state index in [2.05, 4.69) is 12.6 Å². The molecule has 1 heterocycles. The lowest BCUT2D eigenvalue weighted by Crippen LogP contribution is -2.35. The number of hydrogen-bond acceptors (Lipinski definition) is 2. The minimum absolute atomic E-state index is 0.0657. The number of nitrogens with zero attached hydrogens (tertiary/aromatic N) is 1. The van der Waals surface area contributed by atoms with E-state index in [1.165, 1.54) is 0 Å². The number of alkyl halides is 2. The van der Waals surface area contributed by atoms with Gasteiger partial charge in [-0.15, -0.1) is 0 Å². The van der Waals surface area contributed by atoms with Gasteiger partial charge in [-0.3, -0.25) is 4.90 Å². The minimum Gasteiger partial charge on any atom is -0.283 e. The lowest BCUT2D eigenvalue weighted by Gasteiger charge is -2.24. The summed E-state index contributed by atoms with van der Waals surface area (Å²) >= 11 is 4.13. The highest BCUT2D eigenvalue weighted by Crippen LogP contribution is 2.26. The Labute approximate surface area is 71.2 Å². The third-order valence-electron chi connectivity index (χ3n) is 2.19. The molecule has 0 amide bonds. The molecule has 0 aromatic heterocycles.